The summed E-state index contributed by atoms with van der Waals surface area (Å²) in [4.78, 5) is 2.56. The van der Waals surface area contributed by atoms with Crippen molar-refractivity contribution in [1.82, 2.24) is 4.90 Å². The highest BCUT2D eigenvalue weighted by Crippen LogP contribution is 2.25. The first-order chi connectivity index (χ1) is 21.1. The lowest BCUT2D eigenvalue weighted by Crippen LogP contribution is -2.30. The zero-order valence-electron chi connectivity index (χ0n) is 28.8. The number of rotatable bonds is 12. The molecule has 0 amide bonds. The summed E-state index contributed by atoms with van der Waals surface area (Å²) in [5.74, 6) is 0. The normalized spacial score (nSPS) is 14.7. The van der Waals surface area contributed by atoms with Crippen LogP contribution in [0.4, 0.5) is 0 Å². The van der Waals surface area contributed by atoms with Crippen molar-refractivity contribution in [3.63, 3.8) is 0 Å². The van der Waals surface area contributed by atoms with E-state index in [9.17, 15) is 0 Å². The van der Waals surface area contributed by atoms with Crippen LogP contribution in [0, 0.1) is 0 Å². The average Bonchev–Trinajstić information content (AvgIpc) is 3.01. The van der Waals surface area contributed by atoms with Crippen LogP contribution in [0.25, 0.3) is 11.6 Å². The van der Waals surface area contributed by atoms with E-state index in [0.29, 0.717) is 0 Å². The van der Waals surface area contributed by atoms with Gasteiger partial charge < -0.3 is 5.73 Å². The molecular weight excluding hydrogens is 520 g/mol. The maximum Gasteiger partial charge on any atom is 0.0243 e. The standard InChI is InChI=1S/C23H27N.C13H24.C4H8.CH5N/c1-4-8-18(3)23-10-7-6-9-21(23)16-24-14-13-20-12-11-19(5-2)15-22(20)17-24;1-4-7-8-9-10-12-13(6-3)11-5-2;1-2-4-3-1;1-2/h5-12,15H,2,4,13-14,16-17H2,1,3H3;5-6,11H,4,7-10,12H2,1-3H3;1-4H2;2H2,1H3/b18-8-;11-5-,13-6+;;. The number of nitrogens with zero attached hydrogens (tertiary/aromatic N) is 1. The molecule has 2 heteroatoms. The molecule has 2 aliphatic rings. The van der Waals surface area contributed by atoms with Crippen molar-refractivity contribution < 1.29 is 0 Å². The van der Waals surface area contributed by atoms with Crippen LogP contribution in [-0.2, 0) is 19.5 Å². The van der Waals surface area contributed by atoms with Gasteiger partial charge in [0.2, 0.25) is 0 Å². The summed E-state index contributed by atoms with van der Waals surface area (Å²) in [6.07, 6.45) is 27.2. The van der Waals surface area contributed by atoms with Gasteiger partial charge >= 0.3 is 0 Å². The van der Waals surface area contributed by atoms with E-state index in [0.717, 1.165) is 32.5 Å². The second-order valence-electron chi connectivity index (χ2n) is 11.6. The molecule has 1 heterocycles. The molecule has 1 aliphatic heterocycles. The van der Waals surface area contributed by atoms with Crippen LogP contribution in [0.2, 0.25) is 0 Å². The number of hydrogen-bond acceptors (Lipinski definition) is 2. The maximum atomic E-state index is 4.50. The highest BCUT2D eigenvalue weighted by atomic mass is 15.1. The molecule has 0 atom stereocenters. The second-order valence-corrected chi connectivity index (χ2v) is 11.6. The molecule has 2 N–H and O–H groups in total. The molecule has 1 aliphatic carbocycles. The maximum absolute atomic E-state index is 4.50. The highest BCUT2D eigenvalue weighted by molar-refractivity contribution is 5.66. The Bertz CT molecular complexity index is 1100. The molecule has 2 aromatic carbocycles. The number of allylic oxidation sites excluding steroid dienone is 6. The smallest absolute Gasteiger partial charge is 0.0243 e. The Morgan fingerprint density at radius 3 is 2.21 bits per heavy atom. The zero-order valence-corrected chi connectivity index (χ0v) is 28.8. The van der Waals surface area contributed by atoms with Gasteiger partial charge in [0.25, 0.3) is 0 Å². The Labute approximate surface area is 266 Å². The van der Waals surface area contributed by atoms with Crippen molar-refractivity contribution >= 4 is 11.6 Å². The van der Waals surface area contributed by atoms with Crippen molar-refractivity contribution in [2.24, 2.45) is 5.73 Å². The van der Waals surface area contributed by atoms with Crippen LogP contribution in [0.1, 0.15) is 133 Å². The van der Waals surface area contributed by atoms with Crippen LogP contribution >= 0.6 is 0 Å². The summed E-state index contributed by atoms with van der Waals surface area (Å²) in [7, 11) is 1.50. The fraction of sp³-hybridized carbons (Fsp3) is 0.512. The molecule has 2 nitrogen and oxygen atoms in total. The van der Waals surface area contributed by atoms with E-state index in [2.05, 4.69) is 119 Å². The molecule has 0 unspecified atom stereocenters. The third kappa shape index (κ3) is 15.6. The van der Waals surface area contributed by atoms with Crippen molar-refractivity contribution in [2.75, 3.05) is 13.6 Å². The van der Waals surface area contributed by atoms with Gasteiger partial charge in [-0.1, -0.05) is 150 Å². The van der Waals surface area contributed by atoms with Gasteiger partial charge in [0.05, 0.1) is 0 Å². The Balaban J connectivity index is 0.000000408. The molecule has 1 saturated carbocycles. The molecule has 43 heavy (non-hydrogen) atoms. The van der Waals surface area contributed by atoms with Gasteiger partial charge in [-0.3, -0.25) is 4.90 Å². The summed E-state index contributed by atoms with van der Waals surface area (Å²) in [6, 6.07) is 15.6. The van der Waals surface area contributed by atoms with Crippen LogP contribution in [0.5, 0.6) is 0 Å². The van der Waals surface area contributed by atoms with E-state index in [1.807, 2.05) is 6.08 Å². The predicted octanol–water partition coefficient (Wildman–Crippen LogP) is 11.7. The molecule has 238 valence electrons. The molecule has 1 fully saturated rings. The Morgan fingerprint density at radius 1 is 0.907 bits per heavy atom. The first-order valence-corrected chi connectivity index (χ1v) is 17.1. The van der Waals surface area contributed by atoms with Crippen molar-refractivity contribution in [2.45, 2.75) is 125 Å². The highest BCUT2D eigenvalue weighted by Gasteiger charge is 2.17. The van der Waals surface area contributed by atoms with Crippen molar-refractivity contribution in [3.05, 3.63) is 107 Å². The quantitative estimate of drug-likeness (QED) is 0.199. The minimum atomic E-state index is 1.02. The van der Waals surface area contributed by atoms with Crippen LogP contribution < -0.4 is 5.73 Å². The summed E-state index contributed by atoms with van der Waals surface area (Å²) < 4.78 is 0. The summed E-state index contributed by atoms with van der Waals surface area (Å²) in [5.41, 5.74) is 14.4. The van der Waals surface area contributed by atoms with Crippen LogP contribution in [-0.4, -0.2) is 18.5 Å². The SMILES string of the molecule is C/C=C\C(=C/C)CCCCCCC.C1CCC1.C=Cc1ccc2c(c1)CN(Cc1ccccc1/C(C)=C\CC)CC2.CN. The van der Waals surface area contributed by atoms with Gasteiger partial charge in [0.15, 0.2) is 0 Å². The minimum absolute atomic E-state index is 1.02. The van der Waals surface area contributed by atoms with E-state index < -0.39 is 0 Å². The van der Waals surface area contributed by atoms with Crippen molar-refractivity contribution in [3.8, 4) is 0 Å². The van der Waals surface area contributed by atoms with Crippen LogP contribution in [0.15, 0.2) is 78.9 Å². The molecule has 4 rings (SSSR count). The summed E-state index contributed by atoms with van der Waals surface area (Å²) in [6.45, 7) is 18.0. The molecule has 0 spiro atoms. The largest absolute Gasteiger partial charge is 0.333 e. The van der Waals surface area contributed by atoms with E-state index in [1.165, 1.54) is 110 Å². The molecular formula is C41H64N2. The molecule has 0 aromatic heterocycles. The van der Waals surface area contributed by atoms with E-state index in [4.69, 9.17) is 0 Å². The number of unbranched alkanes of at least 4 members (excludes halogenated alkanes) is 4. The Hall–Kier alpha value is -2.68. The second kappa shape index (κ2) is 24.7. The lowest BCUT2D eigenvalue weighted by atomic mass is 9.95. The first kappa shape index (κ1) is 38.3. The average molecular weight is 585 g/mol. The molecule has 0 radical (unpaired) electrons. The summed E-state index contributed by atoms with van der Waals surface area (Å²) >= 11 is 0. The molecule has 2 aromatic rings. The number of fused-ring (bicyclic) bond motifs is 1. The zero-order chi connectivity index (χ0) is 31.7. The van der Waals surface area contributed by atoms with E-state index >= 15 is 0 Å². The van der Waals surface area contributed by atoms with Gasteiger partial charge in [0, 0.05) is 19.6 Å². The van der Waals surface area contributed by atoms with Crippen LogP contribution in [0.3, 0.4) is 0 Å². The fourth-order valence-corrected chi connectivity index (χ4v) is 5.32. The first-order valence-electron chi connectivity index (χ1n) is 17.1. The topological polar surface area (TPSA) is 29.3 Å². The van der Waals surface area contributed by atoms with E-state index in [-0.39, 0.29) is 0 Å². The van der Waals surface area contributed by atoms with Gasteiger partial charge in [0.1, 0.15) is 0 Å². The molecule has 0 bridgehead atoms. The fourth-order valence-electron chi connectivity index (χ4n) is 5.32. The lowest BCUT2D eigenvalue weighted by molar-refractivity contribution is 0.245. The van der Waals surface area contributed by atoms with E-state index in [1.54, 1.807) is 0 Å². The molecule has 0 saturated heterocycles. The number of nitrogens with two attached hydrogens (primary N) is 1. The minimum Gasteiger partial charge on any atom is -0.333 e. The number of hydrogen-bond donors (Lipinski definition) is 1. The Kier molecular flexibility index (Phi) is 22.1. The third-order valence-corrected chi connectivity index (χ3v) is 8.22. The lowest BCUT2D eigenvalue weighted by Gasteiger charge is -2.29. The third-order valence-electron chi connectivity index (χ3n) is 8.22. The van der Waals surface area contributed by atoms with Gasteiger partial charge in [-0.25, -0.2) is 0 Å². The Morgan fingerprint density at radius 2 is 1.60 bits per heavy atom. The van der Waals surface area contributed by atoms with Gasteiger partial charge in [-0.05, 0) is 86.9 Å². The van der Waals surface area contributed by atoms with Gasteiger partial charge in [-0.15, -0.1) is 0 Å². The number of benzene rings is 2. The van der Waals surface area contributed by atoms with Gasteiger partial charge in [-0.2, -0.15) is 0 Å². The predicted molar refractivity (Wildman–Crippen MR) is 195 cm³/mol. The monoisotopic (exact) mass is 585 g/mol. The summed E-state index contributed by atoms with van der Waals surface area (Å²) in [5, 5.41) is 0. The van der Waals surface area contributed by atoms with Crippen molar-refractivity contribution in [1.29, 1.82) is 0 Å².